The number of benzene rings is 1. The third kappa shape index (κ3) is 3.30. The van der Waals surface area contributed by atoms with E-state index in [1.165, 1.54) is 0 Å². The molecule has 1 unspecified atom stereocenters. The van der Waals surface area contributed by atoms with Crippen LogP contribution < -0.4 is 10.1 Å². The highest BCUT2D eigenvalue weighted by Gasteiger charge is 2.20. The zero-order valence-corrected chi connectivity index (χ0v) is 12.5. The highest BCUT2D eigenvalue weighted by atomic mass is 35.5. The van der Waals surface area contributed by atoms with Crippen molar-refractivity contribution >= 4 is 11.6 Å². The van der Waals surface area contributed by atoms with Crippen LogP contribution in [0, 0.1) is 0 Å². The number of para-hydroxylation sites is 1. The normalized spacial score (nSPS) is 12.2. The predicted octanol–water partition coefficient (Wildman–Crippen LogP) is 3.83. The third-order valence-corrected chi connectivity index (χ3v) is 3.32. The topological polar surface area (TPSA) is 34.1 Å². The lowest BCUT2D eigenvalue weighted by atomic mass is 10.0. The summed E-state index contributed by atoms with van der Waals surface area (Å²) in [6.45, 7) is 5.49. The molecule has 1 aromatic carbocycles. The number of pyridine rings is 1. The van der Waals surface area contributed by atoms with Crippen LogP contribution in [0.4, 0.5) is 0 Å². The summed E-state index contributed by atoms with van der Waals surface area (Å²) in [5.41, 5.74) is 1.87. The summed E-state index contributed by atoms with van der Waals surface area (Å²) < 4.78 is 5.71. The number of aromatic nitrogens is 1. The second kappa shape index (κ2) is 7.27. The van der Waals surface area contributed by atoms with Gasteiger partial charge in [-0.3, -0.25) is 4.98 Å². The molecule has 0 amide bonds. The van der Waals surface area contributed by atoms with Gasteiger partial charge in [-0.1, -0.05) is 36.7 Å². The molecule has 1 atom stereocenters. The van der Waals surface area contributed by atoms with Crippen LogP contribution >= 0.6 is 11.6 Å². The molecule has 2 rings (SSSR count). The number of nitrogens with zero attached hydrogens (tertiary/aromatic N) is 1. The van der Waals surface area contributed by atoms with E-state index in [0.717, 1.165) is 23.6 Å². The lowest BCUT2D eigenvalue weighted by Crippen LogP contribution is -2.24. The molecule has 2 aromatic rings. The van der Waals surface area contributed by atoms with Crippen molar-refractivity contribution < 1.29 is 4.74 Å². The van der Waals surface area contributed by atoms with Crippen molar-refractivity contribution in [1.29, 1.82) is 0 Å². The van der Waals surface area contributed by atoms with Gasteiger partial charge in [0, 0.05) is 11.8 Å². The molecule has 0 aliphatic rings. The van der Waals surface area contributed by atoms with Gasteiger partial charge in [0.15, 0.2) is 0 Å². The van der Waals surface area contributed by atoms with E-state index in [1.807, 2.05) is 43.3 Å². The van der Waals surface area contributed by atoms with Gasteiger partial charge in [0.1, 0.15) is 5.75 Å². The van der Waals surface area contributed by atoms with Crippen molar-refractivity contribution in [2.45, 2.75) is 19.9 Å². The zero-order valence-electron chi connectivity index (χ0n) is 11.8. The van der Waals surface area contributed by atoms with Gasteiger partial charge in [0.05, 0.1) is 23.4 Å². The smallest absolute Gasteiger partial charge is 0.124 e. The molecule has 106 valence electrons. The fourth-order valence-electron chi connectivity index (χ4n) is 2.17. The quantitative estimate of drug-likeness (QED) is 0.878. The van der Waals surface area contributed by atoms with Crippen LogP contribution in [0.5, 0.6) is 5.75 Å². The summed E-state index contributed by atoms with van der Waals surface area (Å²) in [6, 6.07) is 11.6. The Bertz CT molecular complexity index is 560. The summed E-state index contributed by atoms with van der Waals surface area (Å²) in [5, 5.41) is 4.09. The van der Waals surface area contributed by atoms with E-state index in [1.54, 1.807) is 6.20 Å². The van der Waals surface area contributed by atoms with Gasteiger partial charge >= 0.3 is 0 Å². The van der Waals surface area contributed by atoms with Crippen molar-refractivity contribution in [3.05, 3.63) is 58.9 Å². The van der Waals surface area contributed by atoms with Gasteiger partial charge in [-0.25, -0.2) is 0 Å². The highest BCUT2D eigenvalue weighted by molar-refractivity contribution is 6.31. The minimum absolute atomic E-state index is 0.0727. The molecule has 0 saturated heterocycles. The molecule has 3 nitrogen and oxygen atoms in total. The largest absolute Gasteiger partial charge is 0.494 e. The Hall–Kier alpha value is -1.58. The van der Waals surface area contributed by atoms with Gasteiger partial charge in [0.25, 0.3) is 0 Å². The number of rotatable bonds is 6. The third-order valence-electron chi connectivity index (χ3n) is 3.00. The monoisotopic (exact) mass is 290 g/mol. The fraction of sp³-hybridized carbons (Fsp3) is 0.312. The molecule has 1 N–H and O–H groups in total. The van der Waals surface area contributed by atoms with Gasteiger partial charge in [-0.2, -0.15) is 0 Å². The lowest BCUT2D eigenvalue weighted by Gasteiger charge is -2.21. The second-order valence-corrected chi connectivity index (χ2v) is 4.74. The van der Waals surface area contributed by atoms with Crippen molar-refractivity contribution in [3.8, 4) is 5.75 Å². The summed E-state index contributed by atoms with van der Waals surface area (Å²) >= 11 is 6.29. The molecule has 20 heavy (non-hydrogen) atoms. The van der Waals surface area contributed by atoms with Crippen LogP contribution in [0.3, 0.4) is 0 Å². The Morgan fingerprint density at radius 1 is 1.20 bits per heavy atom. The van der Waals surface area contributed by atoms with E-state index in [4.69, 9.17) is 16.3 Å². The molecule has 0 radical (unpaired) electrons. The highest BCUT2D eigenvalue weighted by Crippen LogP contribution is 2.32. The SMILES string of the molecule is CCNC(c1ccccc1OCC)c1ncccc1Cl. The number of halogens is 1. The average molecular weight is 291 g/mol. The van der Waals surface area contributed by atoms with E-state index >= 15 is 0 Å². The first kappa shape index (κ1) is 14.8. The van der Waals surface area contributed by atoms with E-state index < -0.39 is 0 Å². The Kier molecular flexibility index (Phi) is 5.39. The summed E-state index contributed by atoms with van der Waals surface area (Å²) in [4.78, 5) is 4.42. The molecular weight excluding hydrogens is 272 g/mol. The van der Waals surface area contributed by atoms with E-state index in [9.17, 15) is 0 Å². The Morgan fingerprint density at radius 2 is 2.00 bits per heavy atom. The molecule has 0 saturated carbocycles. The van der Waals surface area contributed by atoms with Gasteiger partial charge in [0.2, 0.25) is 0 Å². The first-order valence-corrected chi connectivity index (χ1v) is 7.21. The zero-order chi connectivity index (χ0) is 14.4. The van der Waals surface area contributed by atoms with Crippen LogP contribution in [0.15, 0.2) is 42.6 Å². The van der Waals surface area contributed by atoms with E-state index in [2.05, 4.69) is 17.2 Å². The van der Waals surface area contributed by atoms with Gasteiger partial charge in [-0.05, 0) is 31.7 Å². The molecule has 0 aliphatic carbocycles. The van der Waals surface area contributed by atoms with Gasteiger partial charge < -0.3 is 10.1 Å². The van der Waals surface area contributed by atoms with Crippen molar-refractivity contribution in [3.63, 3.8) is 0 Å². The molecule has 0 bridgehead atoms. The Balaban J connectivity index is 2.46. The molecule has 1 heterocycles. The number of ether oxygens (including phenoxy) is 1. The first-order chi connectivity index (χ1) is 9.77. The maximum Gasteiger partial charge on any atom is 0.124 e. The minimum Gasteiger partial charge on any atom is -0.494 e. The Labute approximate surface area is 124 Å². The summed E-state index contributed by atoms with van der Waals surface area (Å²) in [7, 11) is 0. The molecule has 0 spiro atoms. The van der Waals surface area contributed by atoms with Crippen molar-refractivity contribution in [1.82, 2.24) is 10.3 Å². The van der Waals surface area contributed by atoms with Crippen LogP contribution in [-0.2, 0) is 0 Å². The van der Waals surface area contributed by atoms with Crippen molar-refractivity contribution in [2.24, 2.45) is 0 Å². The lowest BCUT2D eigenvalue weighted by molar-refractivity contribution is 0.333. The van der Waals surface area contributed by atoms with Gasteiger partial charge in [-0.15, -0.1) is 0 Å². The maximum atomic E-state index is 6.29. The molecule has 4 heteroatoms. The second-order valence-electron chi connectivity index (χ2n) is 4.33. The van der Waals surface area contributed by atoms with Crippen LogP contribution in [0.25, 0.3) is 0 Å². The number of nitrogens with one attached hydrogen (secondary N) is 1. The number of hydrogen-bond acceptors (Lipinski definition) is 3. The average Bonchev–Trinajstić information content (AvgIpc) is 2.47. The van der Waals surface area contributed by atoms with E-state index in [-0.39, 0.29) is 6.04 Å². The molecule has 0 aliphatic heterocycles. The standard InChI is InChI=1S/C16H19ClN2O/c1-3-18-15(16-13(17)9-7-11-19-16)12-8-5-6-10-14(12)20-4-2/h5-11,15,18H,3-4H2,1-2H3. The molecule has 0 fully saturated rings. The molecule has 1 aromatic heterocycles. The van der Waals surface area contributed by atoms with Crippen LogP contribution in [0.1, 0.15) is 31.1 Å². The first-order valence-electron chi connectivity index (χ1n) is 6.83. The summed E-state index contributed by atoms with van der Waals surface area (Å²) in [5.74, 6) is 0.864. The molecular formula is C16H19ClN2O. The predicted molar refractivity (Wildman–Crippen MR) is 82.4 cm³/mol. The summed E-state index contributed by atoms with van der Waals surface area (Å²) in [6.07, 6.45) is 1.76. The minimum atomic E-state index is -0.0727. The number of hydrogen-bond donors (Lipinski definition) is 1. The van der Waals surface area contributed by atoms with Crippen LogP contribution in [0.2, 0.25) is 5.02 Å². The fourth-order valence-corrected chi connectivity index (χ4v) is 2.40. The Morgan fingerprint density at radius 3 is 2.70 bits per heavy atom. The van der Waals surface area contributed by atoms with Crippen molar-refractivity contribution in [2.75, 3.05) is 13.2 Å². The van der Waals surface area contributed by atoms with Crippen LogP contribution in [-0.4, -0.2) is 18.1 Å². The maximum absolute atomic E-state index is 6.29. The van der Waals surface area contributed by atoms with E-state index in [0.29, 0.717) is 11.6 Å².